The lowest BCUT2D eigenvalue weighted by molar-refractivity contribution is 0.346. The third kappa shape index (κ3) is 5.67. The van der Waals surface area contributed by atoms with Crippen LogP contribution in [0, 0.1) is 0 Å². The second kappa shape index (κ2) is 10.6. The van der Waals surface area contributed by atoms with E-state index in [9.17, 15) is 0 Å². The Bertz CT molecular complexity index is 936. The standard InChI is InChI=1S/C24H21NOS2/c1-2-26-24(27)28-18-21-15-9-10-16-23(21)25-17-22(19-11-5-3-6-12-19)20-13-7-4-8-14-20/h3-16H,2,18H2,1H3. The predicted molar refractivity (Wildman–Crippen MR) is 124 cm³/mol. The second-order valence-electron chi connectivity index (χ2n) is 5.93. The molecule has 0 fully saturated rings. The van der Waals surface area contributed by atoms with E-state index in [0.29, 0.717) is 16.7 Å². The first-order valence-corrected chi connectivity index (χ1v) is 10.5. The molecule has 3 aromatic carbocycles. The molecule has 0 aliphatic rings. The van der Waals surface area contributed by atoms with Gasteiger partial charge in [0.25, 0.3) is 0 Å². The Hall–Kier alpha value is -2.65. The van der Waals surface area contributed by atoms with Crippen molar-refractivity contribution in [1.82, 2.24) is 0 Å². The summed E-state index contributed by atoms with van der Waals surface area (Å²) in [6.45, 7) is 2.52. The van der Waals surface area contributed by atoms with E-state index in [4.69, 9.17) is 21.9 Å². The van der Waals surface area contributed by atoms with Crippen molar-refractivity contribution in [2.45, 2.75) is 12.7 Å². The highest BCUT2D eigenvalue weighted by molar-refractivity contribution is 8.22. The van der Waals surface area contributed by atoms with Crippen molar-refractivity contribution in [2.24, 2.45) is 4.99 Å². The van der Waals surface area contributed by atoms with Gasteiger partial charge in [-0.3, -0.25) is 0 Å². The fourth-order valence-electron chi connectivity index (χ4n) is 2.66. The SMILES string of the molecule is CCOC(=S)SCc1ccccc1N=C=C(c1ccccc1)c1ccccc1. The largest absolute Gasteiger partial charge is 0.479 e. The zero-order chi connectivity index (χ0) is 19.6. The molecule has 0 saturated carbocycles. The molecule has 0 aliphatic heterocycles. The molecule has 0 radical (unpaired) electrons. The molecule has 0 atom stereocenters. The monoisotopic (exact) mass is 403 g/mol. The normalized spacial score (nSPS) is 10.0. The number of hydrogen-bond donors (Lipinski definition) is 0. The lowest BCUT2D eigenvalue weighted by Crippen LogP contribution is -1.96. The lowest BCUT2D eigenvalue weighted by atomic mass is 9.99. The quantitative estimate of drug-likeness (QED) is 0.339. The molecule has 0 spiro atoms. The Balaban J connectivity index is 1.96. The zero-order valence-electron chi connectivity index (χ0n) is 15.7. The molecule has 0 bridgehead atoms. The van der Waals surface area contributed by atoms with Gasteiger partial charge in [0, 0.05) is 5.75 Å². The summed E-state index contributed by atoms with van der Waals surface area (Å²) in [5.74, 6) is 4.00. The molecule has 3 rings (SSSR count). The van der Waals surface area contributed by atoms with Gasteiger partial charge in [0.1, 0.15) is 0 Å². The highest BCUT2D eigenvalue weighted by atomic mass is 32.2. The maximum Gasteiger partial charge on any atom is 0.220 e. The van der Waals surface area contributed by atoms with Crippen molar-refractivity contribution in [2.75, 3.05) is 6.61 Å². The summed E-state index contributed by atoms with van der Waals surface area (Å²) in [6, 6.07) is 28.5. The van der Waals surface area contributed by atoms with E-state index in [1.807, 2.05) is 61.5 Å². The van der Waals surface area contributed by atoms with E-state index in [2.05, 4.69) is 36.2 Å². The van der Waals surface area contributed by atoms with Crippen LogP contribution in [-0.2, 0) is 10.5 Å². The summed E-state index contributed by atoms with van der Waals surface area (Å²) in [5, 5.41) is 0. The van der Waals surface area contributed by atoms with Gasteiger partial charge < -0.3 is 4.74 Å². The molecule has 0 heterocycles. The molecule has 28 heavy (non-hydrogen) atoms. The minimum atomic E-state index is 0.561. The van der Waals surface area contributed by atoms with Gasteiger partial charge in [-0.05, 0) is 47.8 Å². The van der Waals surface area contributed by atoms with Gasteiger partial charge in [-0.2, -0.15) is 0 Å². The number of hydrogen-bond acceptors (Lipinski definition) is 4. The number of thioether (sulfide) groups is 1. The number of nitrogens with zero attached hydrogens (tertiary/aromatic N) is 1. The molecule has 0 unspecified atom stereocenters. The minimum Gasteiger partial charge on any atom is -0.479 e. The number of ether oxygens (including phenoxy) is 1. The van der Waals surface area contributed by atoms with Crippen LogP contribution in [0.2, 0.25) is 0 Å². The van der Waals surface area contributed by atoms with Crippen LogP contribution in [0.25, 0.3) is 5.57 Å². The number of aliphatic imine (C=N–C) groups is 1. The number of rotatable bonds is 6. The fraction of sp³-hybridized carbons (Fsp3) is 0.125. The summed E-state index contributed by atoms with van der Waals surface area (Å²) in [6.07, 6.45) is 0. The van der Waals surface area contributed by atoms with Gasteiger partial charge in [-0.15, -0.1) is 0 Å². The Morgan fingerprint density at radius 2 is 1.46 bits per heavy atom. The van der Waals surface area contributed by atoms with E-state index < -0.39 is 0 Å². The molecule has 0 aromatic heterocycles. The highest BCUT2D eigenvalue weighted by Gasteiger charge is 2.06. The minimum absolute atomic E-state index is 0.561. The maximum atomic E-state index is 5.36. The summed E-state index contributed by atoms with van der Waals surface area (Å²) in [4.78, 5) is 4.70. The number of para-hydroxylation sites is 1. The molecule has 2 nitrogen and oxygen atoms in total. The molecule has 4 heteroatoms. The van der Waals surface area contributed by atoms with Crippen LogP contribution in [0.5, 0.6) is 0 Å². The maximum absolute atomic E-state index is 5.36. The van der Waals surface area contributed by atoms with Crippen LogP contribution in [0.1, 0.15) is 23.6 Å². The van der Waals surface area contributed by atoms with Gasteiger partial charge in [-0.25, -0.2) is 4.99 Å². The van der Waals surface area contributed by atoms with E-state index in [1.165, 1.54) is 11.8 Å². The van der Waals surface area contributed by atoms with Crippen LogP contribution in [0.3, 0.4) is 0 Å². The first kappa shape index (κ1) is 20.1. The first-order valence-electron chi connectivity index (χ1n) is 9.10. The Morgan fingerprint density at radius 1 is 0.893 bits per heavy atom. The van der Waals surface area contributed by atoms with E-state index in [-0.39, 0.29) is 0 Å². The van der Waals surface area contributed by atoms with Crippen molar-refractivity contribution in [1.29, 1.82) is 0 Å². The summed E-state index contributed by atoms with van der Waals surface area (Å²) in [5.41, 5.74) is 5.12. The molecule has 140 valence electrons. The van der Waals surface area contributed by atoms with Gasteiger partial charge in [0.05, 0.1) is 17.9 Å². The molecule has 0 N–H and O–H groups in total. The summed E-state index contributed by atoms with van der Waals surface area (Å²) in [7, 11) is 0. The van der Waals surface area contributed by atoms with Crippen LogP contribution in [0.4, 0.5) is 5.69 Å². The molecule has 0 aliphatic carbocycles. The molecular weight excluding hydrogens is 382 g/mol. The molecule has 3 aromatic rings. The second-order valence-corrected chi connectivity index (χ2v) is 7.51. The van der Waals surface area contributed by atoms with Crippen molar-refractivity contribution < 1.29 is 4.74 Å². The van der Waals surface area contributed by atoms with Crippen molar-refractivity contribution >= 4 is 45.5 Å². The fourth-order valence-corrected chi connectivity index (χ4v) is 3.67. The van der Waals surface area contributed by atoms with E-state index >= 15 is 0 Å². The third-order valence-corrected chi connectivity index (χ3v) is 5.29. The van der Waals surface area contributed by atoms with Crippen LogP contribution in [-0.4, -0.2) is 16.9 Å². The van der Waals surface area contributed by atoms with Crippen molar-refractivity contribution in [3.8, 4) is 0 Å². The average molecular weight is 404 g/mol. The van der Waals surface area contributed by atoms with Crippen LogP contribution < -0.4 is 0 Å². The Kier molecular flexibility index (Phi) is 7.62. The van der Waals surface area contributed by atoms with Crippen LogP contribution >= 0.6 is 24.0 Å². The predicted octanol–water partition coefficient (Wildman–Crippen LogP) is 6.67. The van der Waals surface area contributed by atoms with Gasteiger partial charge in [0.15, 0.2) is 0 Å². The smallest absolute Gasteiger partial charge is 0.220 e. The third-order valence-electron chi connectivity index (χ3n) is 4.01. The Labute approximate surface area is 176 Å². The first-order chi connectivity index (χ1) is 13.8. The van der Waals surface area contributed by atoms with Gasteiger partial charge >= 0.3 is 0 Å². The highest BCUT2D eigenvalue weighted by Crippen LogP contribution is 2.26. The topological polar surface area (TPSA) is 21.6 Å². The molecule has 0 saturated heterocycles. The average Bonchev–Trinajstić information content (AvgIpc) is 2.75. The van der Waals surface area contributed by atoms with Crippen LogP contribution in [0.15, 0.2) is 89.9 Å². The Morgan fingerprint density at radius 3 is 2.07 bits per heavy atom. The molecule has 0 amide bonds. The van der Waals surface area contributed by atoms with E-state index in [0.717, 1.165) is 28.0 Å². The van der Waals surface area contributed by atoms with E-state index in [1.54, 1.807) is 0 Å². The summed E-state index contributed by atoms with van der Waals surface area (Å²) < 4.78 is 5.92. The zero-order valence-corrected chi connectivity index (χ0v) is 17.3. The van der Waals surface area contributed by atoms with Gasteiger partial charge in [-0.1, -0.05) is 90.6 Å². The van der Waals surface area contributed by atoms with Crippen molar-refractivity contribution in [3.05, 3.63) is 102 Å². The molecular formula is C24H21NOS2. The van der Waals surface area contributed by atoms with Crippen molar-refractivity contribution in [3.63, 3.8) is 0 Å². The summed E-state index contributed by atoms with van der Waals surface area (Å²) >= 11 is 6.73. The number of thiocarbonyl (C=S) groups is 1. The number of benzene rings is 3. The van der Waals surface area contributed by atoms with Gasteiger partial charge in [0.2, 0.25) is 4.38 Å². The lowest BCUT2D eigenvalue weighted by Gasteiger charge is -2.07.